The maximum Gasteiger partial charge on any atom is 0.326 e. The number of aliphatic imine (C=N–C) groups is 2. The van der Waals surface area contributed by atoms with Gasteiger partial charge < -0.3 is 92.0 Å². The van der Waals surface area contributed by atoms with Gasteiger partial charge in [-0.3, -0.25) is 57.9 Å². The summed E-state index contributed by atoms with van der Waals surface area (Å²) in [6.07, 6.45) is -3.35. The average Bonchev–Trinajstić information content (AvgIpc) is 3.21. The highest BCUT2D eigenvalue weighted by Gasteiger charge is 2.35. The van der Waals surface area contributed by atoms with Gasteiger partial charge in [-0.15, -0.1) is 0 Å². The number of aliphatic hydroxyl groups excluding tert-OH is 1. The van der Waals surface area contributed by atoms with Crippen LogP contribution < -0.4 is 71.6 Å². The highest BCUT2D eigenvalue weighted by atomic mass is 16.4. The van der Waals surface area contributed by atoms with Crippen LogP contribution in [0.4, 0.5) is 0 Å². The van der Waals surface area contributed by atoms with Crippen molar-refractivity contribution in [2.24, 2.45) is 50.3 Å². The Morgan fingerprint density at radius 1 is 0.493 bits per heavy atom. The topological polar surface area (TPSA) is 534 Å². The van der Waals surface area contributed by atoms with Gasteiger partial charge in [-0.2, -0.15) is 0 Å². The number of nitrogens with one attached hydrogen (secondary N) is 7. The lowest BCUT2D eigenvalue weighted by molar-refractivity contribution is -0.144. The van der Waals surface area contributed by atoms with Crippen molar-refractivity contribution >= 4 is 77.1 Å². The van der Waals surface area contributed by atoms with E-state index in [0.717, 1.165) is 0 Å². The molecule has 378 valence electrons. The minimum absolute atomic E-state index is 0.0460. The van der Waals surface area contributed by atoms with E-state index >= 15 is 0 Å². The highest BCUT2D eigenvalue weighted by molar-refractivity contribution is 5.99. The van der Waals surface area contributed by atoms with Gasteiger partial charge in [-0.05, 0) is 51.4 Å². The second-order valence-electron chi connectivity index (χ2n) is 15.5. The molecule has 0 rings (SSSR count). The van der Waals surface area contributed by atoms with Crippen LogP contribution in [0.3, 0.4) is 0 Å². The van der Waals surface area contributed by atoms with Crippen molar-refractivity contribution in [1.29, 1.82) is 0 Å². The van der Waals surface area contributed by atoms with Crippen LogP contribution in [0.2, 0.25) is 0 Å². The van der Waals surface area contributed by atoms with Crippen LogP contribution in [0.1, 0.15) is 78.6 Å². The first kappa shape index (κ1) is 59.6. The number of primary amides is 1. The van der Waals surface area contributed by atoms with Crippen LogP contribution in [-0.2, 0) is 52.7 Å². The summed E-state index contributed by atoms with van der Waals surface area (Å²) in [4.78, 5) is 147. The molecule has 8 atom stereocenters. The molecule has 0 saturated carbocycles. The van der Waals surface area contributed by atoms with Crippen molar-refractivity contribution in [3.05, 3.63) is 0 Å². The molecular formula is C37H65N15O15. The summed E-state index contributed by atoms with van der Waals surface area (Å²) in [5.74, 6) is -14.4. The fraction of sp³-hybridized carbons (Fsp3) is 0.649. The fourth-order valence-electron chi connectivity index (χ4n) is 5.68. The molecule has 30 heteroatoms. The number of aliphatic carboxylic acids is 3. The summed E-state index contributed by atoms with van der Waals surface area (Å²) >= 11 is 0. The van der Waals surface area contributed by atoms with E-state index in [1.54, 1.807) is 13.8 Å². The molecule has 0 aromatic carbocycles. The quantitative estimate of drug-likeness (QED) is 0.0165. The van der Waals surface area contributed by atoms with E-state index in [-0.39, 0.29) is 56.6 Å². The Bertz CT molecular complexity index is 1820. The van der Waals surface area contributed by atoms with Crippen LogP contribution in [0.5, 0.6) is 0 Å². The molecule has 0 aromatic heterocycles. The molecule has 0 fully saturated rings. The number of carbonyl (C=O) groups excluding carboxylic acids is 8. The van der Waals surface area contributed by atoms with Crippen LogP contribution in [0.25, 0.3) is 0 Å². The number of hydrogen-bond acceptors (Lipinski definition) is 15. The van der Waals surface area contributed by atoms with Crippen molar-refractivity contribution in [3.8, 4) is 0 Å². The van der Waals surface area contributed by atoms with Gasteiger partial charge in [-0.25, -0.2) is 4.79 Å². The van der Waals surface area contributed by atoms with Crippen molar-refractivity contribution in [2.75, 3.05) is 19.7 Å². The number of carboxylic acid groups (broad SMARTS) is 3. The number of nitrogens with zero attached hydrogens (tertiary/aromatic N) is 2. The molecule has 0 aliphatic rings. The summed E-state index contributed by atoms with van der Waals surface area (Å²) < 4.78 is 0. The van der Waals surface area contributed by atoms with Crippen LogP contribution in [-0.4, -0.2) is 166 Å². The molecule has 8 amide bonds. The van der Waals surface area contributed by atoms with Crippen molar-refractivity contribution in [3.63, 3.8) is 0 Å². The summed E-state index contributed by atoms with van der Waals surface area (Å²) in [5, 5.41) is 53.9. The minimum atomic E-state index is -2.03. The Hall–Kier alpha value is -7.37. The van der Waals surface area contributed by atoms with E-state index in [4.69, 9.17) is 34.4 Å². The van der Waals surface area contributed by atoms with E-state index in [1.165, 1.54) is 6.92 Å². The fourth-order valence-corrected chi connectivity index (χ4v) is 5.68. The van der Waals surface area contributed by atoms with Gasteiger partial charge >= 0.3 is 17.9 Å². The third kappa shape index (κ3) is 25.6. The van der Waals surface area contributed by atoms with Gasteiger partial charge in [0.1, 0.15) is 42.3 Å². The maximum atomic E-state index is 13.8. The monoisotopic (exact) mass is 959 g/mol. The van der Waals surface area contributed by atoms with Crippen molar-refractivity contribution < 1.29 is 73.2 Å². The van der Waals surface area contributed by atoms with Gasteiger partial charge in [0.15, 0.2) is 11.9 Å². The molecule has 67 heavy (non-hydrogen) atoms. The average molecular weight is 960 g/mol. The molecule has 0 aromatic rings. The number of aliphatic hydroxyl groups is 1. The van der Waals surface area contributed by atoms with Gasteiger partial charge in [0, 0.05) is 19.5 Å². The number of carboxylic acids is 3. The lowest BCUT2D eigenvalue weighted by Gasteiger charge is -2.27. The van der Waals surface area contributed by atoms with Crippen molar-refractivity contribution in [2.45, 2.75) is 127 Å². The zero-order valence-electron chi connectivity index (χ0n) is 37.3. The lowest BCUT2D eigenvalue weighted by atomic mass is 10.0. The number of carbonyl (C=O) groups is 11. The molecule has 23 N–H and O–H groups in total. The SMILES string of the molecule is CC(C)C[C@H](NC(=O)[C@H](CC(=O)O)NC(=O)[C@H](CCCN=C(N)N)NC(=O)[C@H](CCC(N)=O)NC(=O)[C@H](CC(=O)O)NC(=O)[C@H](CO)NC(=O)[C@H](C)NC(=O)[C@@H](N)CCCN=C(N)N)C(=O)O. The molecular weight excluding hydrogens is 894 g/mol. The Morgan fingerprint density at radius 2 is 0.881 bits per heavy atom. The maximum absolute atomic E-state index is 13.8. The largest absolute Gasteiger partial charge is 0.481 e. The summed E-state index contributed by atoms with van der Waals surface area (Å²) in [7, 11) is 0. The lowest BCUT2D eigenvalue weighted by Crippen LogP contribution is -2.60. The Morgan fingerprint density at radius 3 is 1.28 bits per heavy atom. The predicted molar refractivity (Wildman–Crippen MR) is 234 cm³/mol. The Balaban J connectivity index is 6.41. The second kappa shape index (κ2) is 30.7. The first-order valence-corrected chi connectivity index (χ1v) is 20.7. The highest BCUT2D eigenvalue weighted by Crippen LogP contribution is 2.09. The number of rotatable bonds is 33. The number of hydrogen-bond donors (Lipinski definition) is 17. The molecule has 0 radical (unpaired) electrons. The Labute approximate surface area is 384 Å². The van der Waals surface area contributed by atoms with E-state index in [1.807, 2.05) is 5.32 Å². The standard InChI is InChI=1S/C37H65N15O15/c1-16(2)12-23(35(66)67)51-33(64)22(14-27(57)58)49-30(61)19(7-5-11-45-37(42)43)47-31(62)20(8-9-25(39)54)48-32(63)21(13-26(55)56)50-34(65)24(15-53)52-28(59)17(3)46-29(60)18(38)6-4-10-44-36(40)41/h16-24,53H,4-15,38H2,1-3H3,(H2,39,54)(H,46,60)(H,47,62)(H,48,63)(H,49,61)(H,50,65)(H,51,64)(H,52,59)(H,55,56)(H,57,58)(H,66,67)(H4,40,41,44)(H4,42,43,45)/t17-,18-,19-,20-,21-,22-,23-,24-/m0/s1. The predicted octanol–water partition coefficient (Wildman–Crippen LogP) is -7.83. The summed E-state index contributed by atoms with van der Waals surface area (Å²) in [6.45, 7) is 3.51. The van der Waals surface area contributed by atoms with Crippen LogP contribution >= 0.6 is 0 Å². The number of nitrogens with two attached hydrogens (primary N) is 6. The zero-order chi connectivity index (χ0) is 51.6. The van der Waals surface area contributed by atoms with Gasteiger partial charge in [0.05, 0.1) is 25.5 Å². The second-order valence-corrected chi connectivity index (χ2v) is 15.5. The van der Waals surface area contributed by atoms with Crippen molar-refractivity contribution in [1.82, 2.24) is 37.2 Å². The van der Waals surface area contributed by atoms with E-state index in [2.05, 4.69) is 41.9 Å². The molecule has 30 nitrogen and oxygen atoms in total. The van der Waals surface area contributed by atoms with Crippen LogP contribution in [0, 0.1) is 5.92 Å². The van der Waals surface area contributed by atoms with Gasteiger partial charge in [-0.1, -0.05) is 13.8 Å². The first-order valence-electron chi connectivity index (χ1n) is 20.7. The number of amides is 8. The third-order valence-corrected chi connectivity index (χ3v) is 9.11. The third-order valence-electron chi connectivity index (χ3n) is 9.11. The van der Waals surface area contributed by atoms with Gasteiger partial charge in [0.2, 0.25) is 47.3 Å². The van der Waals surface area contributed by atoms with Crippen LogP contribution in [0.15, 0.2) is 9.98 Å². The van der Waals surface area contributed by atoms with E-state index < -0.39 is 146 Å². The number of guanidine groups is 2. The minimum Gasteiger partial charge on any atom is -0.481 e. The molecule has 0 aliphatic carbocycles. The normalized spacial score (nSPS) is 14.4. The molecule has 0 unspecified atom stereocenters. The summed E-state index contributed by atoms with van der Waals surface area (Å²) in [5.41, 5.74) is 32.3. The molecule has 0 spiro atoms. The first-order chi connectivity index (χ1) is 31.2. The Kier molecular flexibility index (Phi) is 27.3. The summed E-state index contributed by atoms with van der Waals surface area (Å²) in [6, 6.07) is -13.1. The zero-order valence-corrected chi connectivity index (χ0v) is 37.3. The van der Waals surface area contributed by atoms with E-state index in [9.17, 15) is 73.2 Å². The molecule has 0 saturated heterocycles. The molecule has 0 bridgehead atoms. The molecule has 0 heterocycles. The van der Waals surface area contributed by atoms with Gasteiger partial charge in [0.25, 0.3) is 0 Å². The smallest absolute Gasteiger partial charge is 0.326 e. The molecule has 0 aliphatic heterocycles. The van der Waals surface area contributed by atoms with E-state index in [0.29, 0.717) is 6.42 Å².